The Bertz CT molecular complexity index is 1070. The fourth-order valence-electron chi connectivity index (χ4n) is 2.85. The minimum absolute atomic E-state index is 0.00729. The number of nitrogens with one attached hydrogen (secondary N) is 1. The van der Waals surface area contributed by atoms with Crippen molar-refractivity contribution in [1.82, 2.24) is 20.1 Å². The number of ether oxygens (including phenoxy) is 2. The molecule has 0 bridgehead atoms. The molecule has 0 saturated heterocycles. The molecule has 1 aromatic heterocycles. The van der Waals surface area contributed by atoms with Crippen LogP contribution >= 0.6 is 11.8 Å². The van der Waals surface area contributed by atoms with Gasteiger partial charge in [0.1, 0.15) is 11.6 Å². The van der Waals surface area contributed by atoms with Gasteiger partial charge >= 0.3 is 5.97 Å². The number of thioether (sulfide) groups is 1. The van der Waals surface area contributed by atoms with Crippen molar-refractivity contribution in [3.05, 3.63) is 65.7 Å². The van der Waals surface area contributed by atoms with Crippen molar-refractivity contribution >= 4 is 23.6 Å². The van der Waals surface area contributed by atoms with E-state index in [0.717, 1.165) is 5.69 Å². The summed E-state index contributed by atoms with van der Waals surface area (Å²) in [6, 6.07) is 13.0. The number of nitrogens with zero attached hydrogens (tertiary/aromatic N) is 3. The van der Waals surface area contributed by atoms with Gasteiger partial charge in [-0.2, -0.15) is 0 Å². The van der Waals surface area contributed by atoms with E-state index in [0.29, 0.717) is 23.3 Å². The molecule has 10 heteroatoms. The van der Waals surface area contributed by atoms with Gasteiger partial charge in [0.15, 0.2) is 11.0 Å². The monoisotopic (exact) mass is 458 g/mol. The highest BCUT2D eigenvalue weighted by molar-refractivity contribution is 7.99. The fraction of sp³-hybridized carbons (Fsp3) is 0.273. The second-order valence-electron chi connectivity index (χ2n) is 6.42. The molecule has 1 N–H and O–H groups in total. The average Bonchev–Trinajstić information content (AvgIpc) is 3.20. The predicted molar refractivity (Wildman–Crippen MR) is 117 cm³/mol. The number of amides is 1. The summed E-state index contributed by atoms with van der Waals surface area (Å²) in [5.41, 5.74) is 0.663. The molecular weight excluding hydrogens is 435 g/mol. The minimum Gasteiger partial charge on any atom is -0.494 e. The Labute approximate surface area is 189 Å². The summed E-state index contributed by atoms with van der Waals surface area (Å²) < 4.78 is 26.1. The number of aromatic nitrogens is 3. The summed E-state index contributed by atoms with van der Waals surface area (Å²) in [6.07, 6.45) is 0. The van der Waals surface area contributed by atoms with Crippen LogP contribution in [0.3, 0.4) is 0 Å². The van der Waals surface area contributed by atoms with Crippen LogP contribution in [0.2, 0.25) is 0 Å². The lowest BCUT2D eigenvalue weighted by Crippen LogP contribution is -2.25. The second kappa shape index (κ2) is 11.3. The molecule has 3 rings (SSSR count). The smallest absolute Gasteiger partial charge is 0.316 e. The van der Waals surface area contributed by atoms with Crippen LogP contribution < -0.4 is 10.1 Å². The Morgan fingerprint density at radius 3 is 2.50 bits per heavy atom. The maximum Gasteiger partial charge on any atom is 0.316 e. The Kier molecular flexibility index (Phi) is 8.20. The van der Waals surface area contributed by atoms with Crippen LogP contribution in [0.1, 0.15) is 30.0 Å². The SMILES string of the molecule is CCOC(=O)CSc1nnc(CNC(=O)c2ccccc2F)n1-c1ccc(OCC)cc1. The van der Waals surface area contributed by atoms with Gasteiger partial charge < -0.3 is 14.8 Å². The molecule has 0 radical (unpaired) electrons. The number of benzene rings is 2. The molecule has 0 unspecified atom stereocenters. The van der Waals surface area contributed by atoms with Crippen molar-refractivity contribution in [1.29, 1.82) is 0 Å². The quantitative estimate of drug-likeness (QED) is 0.368. The van der Waals surface area contributed by atoms with E-state index in [9.17, 15) is 14.0 Å². The number of rotatable bonds is 10. The van der Waals surface area contributed by atoms with Crippen LogP contribution in [-0.2, 0) is 16.1 Å². The van der Waals surface area contributed by atoms with E-state index in [1.165, 1.54) is 30.0 Å². The average molecular weight is 459 g/mol. The predicted octanol–water partition coefficient (Wildman–Crippen LogP) is 3.39. The van der Waals surface area contributed by atoms with Crippen molar-refractivity contribution in [2.45, 2.75) is 25.5 Å². The highest BCUT2D eigenvalue weighted by Gasteiger charge is 2.18. The van der Waals surface area contributed by atoms with Crippen molar-refractivity contribution in [3.8, 4) is 11.4 Å². The minimum atomic E-state index is -0.608. The molecule has 0 spiro atoms. The highest BCUT2D eigenvalue weighted by atomic mass is 32.2. The normalized spacial score (nSPS) is 10.6. The first-order chi connectivity index (χ1) is 15.5. The van der Waals surface area contributed by atoms with E-state index >= 15 is 0 Å². The maximum absolute atomic E-state index is 13.9. The Morgan fingerprint density at radius 2 is 1.81 bits per heavy atom. The number of halogens is 1. The van der Waals surface area contributed by atoms with Gasteiger partial charge in [0, 0.05) is 5.69 Å². The lowest BCUT2D eigenvalue weighted by molar-refractivity contribution is -0.139. The first-order valence-electron chi connectivity index (χ1n) is 10.0. The summed E-state index contributed by atoms with van der Waals surface area (Å²) in [7, 11) is 0. The highest BCUT2D eigenvalue weighted by Crippen LogP contribution is 2.24. The van der Waals surface area contributed by atoms with Crippen LogP contribution in [0.5, 0.6) is 5.75 Å². The van der Waals surface area contributed by atoms with E-state index in [-0.39, 0.29) is 30.4 Å². The third-order valence-corrected chi connectivity index (χ3v) is 5.16. The molecule has 0 atom stereocenters. The first kappa shape index (κ1) is 23.3. The van der Waals surface area contributed by atoms with Crippen LogP contribution in [-0.4, -0.2) is 45.6 Å². The maximum atomic E-state index is 13.9. The van der Waals surface area contributed by atoms with Crippen LogP contribution in [0.15, 0.2) is 53.7 Å². The Morgan fingerprint density at radius 1 is 1.06 bits per heavy atom. The zero-order chi connectivity index (χ0) is 22.9. The van der Waals surface area contributed by atoms with Gasteiger partial charge in [-0.1, -0.05) is 23.9 Å². The number of hydrogen-bond acceptors (Lipinski definition) is 7. The second-order valence-corrected chi connectivity index (χ2v) is 7.36. The van der Waals surface area contributed by atoms with E-state index in [2.05, 4.69) is 15.5 Å². The topological polar surface area (TPSA) is 95.3 Å². The fourth-order valence-corrected chi connectivity index (χ4v) is 3.62. The van der Waals surface area contributed by atoms with Crippen molar-refractivity contribution in [2.75, 3.05) is 19.0 Å². The third-order valence-electron chi connectivity index (χ3n) is 4.26. The van der Waals surface area contributed by atoms with Gasteiger partial charge in [-0.15, -0.1) is 10.2 Å². The Balaban J connectivity index is 1.83. The van der Waals surface area contributed by atoms with E-state index in [1.54, 1.807) is 29.7 Å². The van der Waals surface area contributed by atoms with Crippen molar-refractivity contribution < 1.29 is 23.5 Å². The largest absolute Gasteiger partial charge is 0.494 e. The standard InChI is InChI=1S/C22H23FN4O4S/c1-3-30-16-11-9-15(10-12-16)27-19(25-26-22(27)32-14-20(28)31-4-2)13-24-21(29)17-7-5-6-8-18(17)23/h5-12H,3-4,13-14H2,1-2H3,(H,24,29). The molecule has 1 heterocycles. The van der Waals surface area contributed by atoms with E-state index in [4.69, 9.17) is 9.47 Å². The van der Waals surface area contributed by atoms with Gasteiger partial charge in [0.25, 0.3) is 5.91 Å². The number of esters is 1. The van der Waals surface area contributed by atoms with Crippen LogP contribution in [0.25, 0.3) is 5.69 Å². The zero-order valence-corrected chi connectivity index (χ0v) is 18.5. The van der Waals surface area contributed by atoms with Crippen LogP contribution in [0, 0.1) is 5.82 Å². The van der Waals surface area contributed by atoms with Gasteiger partial charge in [-0.05, 0) is 50.2 Å². The third kappa shape index (κ3) is 5.85. The number of hydrogen-bond donors (Lipinski definition) is 1. The number of carbonyl (C=O) groups excluding carboxylic acids is 2. The molecule has 0 aliphatic heterocycles. The first-order valence-corrected chi connectivity index (χ1v) is 11.0. The molecule has 0 fully saturated rings. The molecule has 0 saturated carbocycles. The van der Waals surface area contributed by atoms with Crippen molar-refractivity contribution in [2.24, 2.45) is 0 Å². The summed E-state index contributed by atoms with van der Waals surface area (Å²) >= 11 is 1.17. The van der Waals surface area contributed by atoms with Gasteiger partial charge in [-0.3, -0.25) is 14.2 Å². The van der Waals surface area contributed by atoms with E-state index < -0.39 is 11.7 Å². The van der Waals surface area contributed by atoms with E-state index in [1.807, 2.05) is 19.1 Å². The molecular formula is C22H23FN4O4S. The Hall–Kier alpha value is -3.40. The zero-order valence-electron chi connectivity index (χ0n) is 17.7. The number of carbonyl (C=O) groups is 2. The summed E-state index contributed by atoms with van der Waals surface area (Å²) in [5, 5.41) is 11.5. The summed E-state index contributed by atoms with van der Waals surface area (Å²) in [4.78, 5) is 24.2. The summed E-state index contributed by atoms with van der Waals surface area (Å²) in [5.74, 6) is -0.350. The molecule has 168 valence electrons. The summed E-state index contributed by atoms with van der Waals surface area (Å²) in [6.45, 7) is 4.47. The molecule has 8 nitrogen and oxygen atoms in total. The molecule has 1 amide bonds. The molecule has 32 heavy (non-hydrogen) atoms. The molecule has 3 aromatic rings. The lowest BCUT2D eigenvalue weighted by atomic mass is 10.2. The van der Waals surface area contributed by atoms with Crippen molar-refractivity contribution in [3.63, 3.8) is 0 Å². The van der Waals surface area contributed by atoms with Gasteiger partial charge in [0.2, 0.25) is 0 Å². The van der Waals surface area contributed by atoms with Crippen LogP contribution in [0.4, 0.5) is 4.39 Å². The molecule has 0 aliphatic rings. The van der Waals surface area contributed by atoms with Gasteiger partial charge in [-0.25, -0.2) is 4.39 Å². The molecule has 2 aromatic carbocycles. The van der Waals surface area contributed by atoms with Gasteiger partial charge in [0.05, 0.1) is 31.1 Å². The molecule has 0 aliphatic carbocycles. The lowest BCUT2D eigenvalue weighted by Gasteiger charge is -2.12.